The zero-order valence-electron chi connectivity index (χ0n) is 15.1. The van der Waals surface area contributed by atoms with Gasteiger partial charge in [-0.05, 0) is 31.4 Å². The van der Waals surface area contributed by atoms with Crippen molar-refractivity contribution in [2.75, 3.05) is 29.9 Å². The molecule has 1 unspecified atom stereocenters. The number of benzene rings is 1. The topological polar surface area (TPSA) is 79.4 Å². The van der Waals surface area contributed by atoms with Crippen molar-refractivity contribution in [3.05, 3.63) is 48.7 Å². The highest BCUT2D eigenvalue weighted by Crippen LogP contribution is 2.40. The number of hydrogen-bond acceptors (Lipinski definition) is 4. The van der Waals surface area contributed by atoms with Crippen LogP contribution in [-0.2, 0) is 9.84 Å². The number of pyridine rings is 1. The Hall–Kier alpha value is -2.41. The van der Waals surface area contributed by atoms with E-state index in [2.05, 4.69) is 10.3 Å². The lowest BCUT2D eigenvalue weighted by molar-refractivity contribution is 0.130. The van der Waals surface area contributed by atoms with Crippen LogP contribution in [0.5, 0.6) is 0 Å². The minimum atomic E-state index is -2.97. The van der Waals surface area contributed by atoms with Crippen molar-refractivity contribution in [2.45, 2.75) is 19.3 Å². The molecule has 1 aromatic heterocycles. The van der Waals surface area contributed by atoms with Gasteiger partial charge in [0.05, 0.1) is 17.2 Å². The van der Waals surface area contributed by atoms with Crippen molar-refractivity contribution < 1.29 is 13.2 Å². The van der Waals surface area contributed by atoms with Gasteiger partial charge >= 0.3 is 6.03 Å². The van der Waals surface area contributed by atoms with Gasteiger partial charge in [-0.25, -0.2) is 13.2 Å². The van der Waals surface area contributed by atoms with Gasteiger partial charge in [0, 0.05) is 36.0 Å². The Morgan fingerprint density at radius 2 is 1.96 bits per heavy atom. The van der Waals surface area contributed by atoms with E-state index in [1.807, 2.05) is 36.4 Å². The number of urea groups is 1. The Kier molecular flexibility index (Phi) is 4.63. The first-order valence-corrected chi connectivity index (χ1v) is 11.0. The van der Waals surface area contributed by atoms with Crippen LogP contribution in [0, 0.1) is 5.41 Å². The van der Waals surface area contributed by atoms with Crippen LogP contribution in [0.25, 0.3) is 11.3 Å². The summed E-state index contributed by atoms with van der Waals surface area (Å²) in [6.45, 7) is 1.17. The van der Waals surface area contributed by atoms with Crippen molar-refractivity contribution in [1.29, 1.82) is 0 Å². The molecule has 4 rings (SSSR count). The number of piperidine rings is 1. The first-order chi connectivity index (χ1) is 12.9. The highest BCUT2D eigenvalue weighted by atomic mass is 32.2. The van der Waals surface area contributed by atoms with Crippen molar-refractivity contribution in [3.8, 4) is 11.3 Å². The lowest BCUT2D eigenvalue weighted by Gasteiger charge is -2.39. The third kappa shape index (κ3) is 3.98. The van der Waals surface area contributed by atoms with Gasteiger partial charge in [-0.2, -0.15) is 0 Å². The van der Waals surface area contributed by atoms with E-state index >= 15 is 0 Å². The van der Waals surface area contributed by atoms with Crippen LogP contribution in [0.4, 0.5) is 10.5 Å². The fraction of sp³-hybridized carbons (Fsp3) is 0.400. The minimum Gasteiger partial charge on any atom is -0.324 e. The van der Waals surface area contributed by atoms with Gasteiger partial charge in [0.2, 0.25) is 0 Å². The SMILES string of the molecule is O=C(Nc1ccnc(-c2ccccc2)c1)N1CCCC2(CCS(=O)(=O)C2)C1. The molecule has 2 aromatic rings. The predicted molar refractivity (Wildman–Crippen MR) is 105 cm³/mol. The molecular formula is C20H23N3O3S. The second-order valence-corrected chi connectivity index (χ2v) is 9.78. The van der Waals surface area contributed by atoms with Gasteiger partial charge in [0.1, 0.15) is 0 Å². The number of carbonyl (C=O) groups excluding carboxylic acids is 1. The van der Waals surface area contributed by atoms with E-state index in [0.29, 0.717) is 25.2 Å². The summed E-state index contributed by atoms with van der Waals surface area (Å²) in [7, 11) is -2.97. The molecule has 1 spiro atoms. The summed E-state index contributed by atoms with van der Waals surface area (Å²) in [5.41, 5.74) is 2.21. The van der Waals surface area contributed by atoms with E-state index in [1.54, 1.807) is 17.2 Å². The maximum Gasteiger partial charge on any atom is 0.321 e. The molecule has 2 saturated heterocycles. The number of nitrogens with zero attached hydrogens (tertiary/aromatic N) is 2. The molecule has 0 saturated carbocycles. The molecule has 142 valence electrons. The summed E-state index contributed by atoms with van der Waals surface area (Å²) < 4.78 is 23.8. The molecule has 0 bridgehead atoms. The van der Waals surface area contributed by atoms with Gasteiger partial charge in [0.15, 0.2) is 9.84 Å². The second kappa shape index (κ2) is 6.96. The van der Waals surface area contributed by atoms with Crippen LogP contribution in [0.3, 0.4) is 0 Å². The maximum absolute atomic E-state index is 12.8. The first-order valence-electron chi connectivity index (χ1n) is 9.23. The molecule has 0 aliphatic carbocycles. The number of sulfone groups is 1. The standard InChI is InChI=1S/C20H23N3O3S/c24-19(23-11-4-8-20(14-23)9-12-27(25,26)15-20)22-17-7-10-21-18(13-17)16-5-2-1-3-6-16/h1-3,5-7,10,13H,4,8-9,11-12,14-15H2,(H,21,22,24). The van der Waals surface area contributed by atoms with Crippen molar-refractivity contribution >= 4 is 21.6 Å². The zero-order valence-corrected chi connectivity index (χ0v) is 15.9. The predicted octanol–water partition coefficient (Wildman–Crippen LogP) is 3.18. The highest BCUT2D eigenvalue weighted by molar-refractivity contribution is 7.91. The number of hydrogen-bond donors (Lipinski definition) is 1. The number of likely N-dealkylation sites (tertiary alicyclic amines) is 1. The number of amides is 2. The molecule has 3 heterocycles. The van der Waals surface area contributed by atoms with Crippen LogP contribution >= 0.6 is 0 Å². The van der Waals surface area contributed by atoms with Gasteiger partial charge < -0.3 is 10.2 Å². The van der Waals surface area contributed by atoms with E-state index in [0.717, 1.165) is 24.1 Å². The molecule has 2 aliphatic heterocycles. The Labute approximate surface area is 159 Å². The van der Waals surface area contributed by atoms with Gasteiger partial charge in [0.25, 0.3) is 0 Å². The third-order valence-electron chi connectivity index (χ3n) is 5.50. The lowest BCUT2D eigenvalue weighted by atomic mass is 9.80. The van der Waals surface area contributed by atoms with Gasteiger partial charge in [-0.15, -0.1) is 0 Å². The summed E-state index contributed by atoms with van der Waals surface area (Å²) in [5.74, 6) is 0.449. The summed E-state index contributed by atoms with van der Waals surface area (Å²) in [4.78, 5) is 18.9. The molecule has 7 heteroatoms. The number of carbonyl (C=O) groups is 1. The van der Waals surface area contributed by atoms with Crippen LogP contribution in [0.1, 0.15) is 19.3 Å². The van der Waals surface area contributed by atoms with E-state index in [4.69, 9.17) is 0 Å². The fourth-order valence-corrected chi connectivity index (χ4v) is 6.36. The molecule has 0 radical (unpaired) electrons. The van der Waals surface area contributed by atoms with Crippen LogP contribution < -0.4 is 5.32 Å². The Bertz CT molecular complexity index is 946. The summed E-state index contributed by atoms with van der Waals surface area (Å²) in [6.07, 6.45) is 4.06. The third-order valence-corrected chi connectivity index (χ3v) is 7.38. The van der Waals surface area contributed by atoms with Crippen LogP contribution in [0.2, 0.25) is 0 Å². The number of nitrogens with one attached hydrogen (secondary N) is 1. The van der Waals surface area contributed by atoms with Gasteiger partial charge in [-0.3, -0.25) is 4.98 Å². The molecule has 2 aliphatic rings. The molecular weight excluding hydrogens is 362 g/mol. The molecule has 27 heavy (non-hydrogen) atoms. The molecule has 1 aromatic carbocycles. The van der Waals surface area contributed by atoms with E-state index in [-0.39, 0.29) is 23.0 Å². The highest BCUT2D eigenvalue weighted by Gasteiger charge is 2.45. The smallest absolute Gasteiger partial charge is 0.321 e. The second-order valence-electron chi connectivity index (χ2n) is 7.59. The van der Waals surface area contributed by atoms with E-state index < -0.39 is 9.84 Å². The quantitative estimate of drug-likeness (QED) is 0.861. The Balaban J connectivity index is 1.46. The number of anilines is 1. The van der Waals surface area contributed by atoms with Crippen molar-refractivity contribution in [1.82, 2.24) is 9.88 Å². The summed E-state index contributed by atoms with van der Waals surface area (Å²) >= 11 is 0. The largest absolute Gasteiger partial charge is 0.324 e. The maximum atomic E-state index is 12.8. The molecule has 1 N–H and O–H groups in total. The Morgan fingerprint density at radius 3 is 2.70 bits per heavy atom. The minimum absolute atomic E-state index is 0.177. The monoisotopic (exact) mass is 385 g/mol. The lowest BCUT2D eigenvalue weighted by Crippen LogP contribution is -2.48. The van der Waals surface area contributed by atoms with Crippen LogP contribution in [0.15, 0.2) is 48.7 Å². The van der Waals surface area contributed by atoms with Crippen molar-refractivity contribution in [3.63, 3.8) is 0 Å². The summed E-state index contributed by atoms with van der Waals surface area (Å²) in [6, 6.07) is 13.2. The Morgan fingerprint density at radius 1 is 1.15 bits per heavy atom. The fourth-order valence-electron chi connectivity index (χ4n) is 4.16. The van der Waals surface area contributed by atoms with E-state index in [1.165, 1.54) is 0 Å². The first kappa shape index (κ1) is 18.0. The van der Waals surface area contributed by atoms with Crippen LogP contribution in [-0.4, -0.2) is 48.9 Å². The van der Waals surface area contributed by atoms with Crippen molar-refractivity contribution in [2.24, 2.45) is 5.41 Å². The summed E-state index contributed by atoms with van der Waals surface area (Å²) in [5, 5.41) is 2.95. The molecule has 2 amide bonds. The number of aromatic nitrogens is 1. The molecule has 6 nitrogen and oxygen atoms in total. The van der Waals surface area contributed by atoms with Gasteiger partial charge in [-0.1, -0.05) is 30.3 Å². The normalized spacial score (nSPS) is 24.1. The zero-order chi connectivity index (χ0) is 18.9. The average Bonchev–Trinajstić information content (AvgIpc) is 2.96. The molecule has 2 fully saturated rings. The molecule has 1 atom stereocenters. The van der Waals surface area contributed by atoms with E-state index in [9.17, 15) is 13.2 Å². The average molecular weight is 385 g/mol. The number of rotatable bonds is 2.